The zero-order chi connectivity index (χ0) is 11.0. The molecule has 0 radical (unpaired) electrons. The maximum atomic E-state index is 12.0. The first-order valence-corrected chi connectivity index (χ1v) is 4.84. The predicted octanol–water partition coefficient (Wildman–Crippen LogP) is 2.83. The SMILES string of the molecule is CC1CC(O)c2cc(OC(F)F)ccc21. The Balaban J connectivity index is 2.30. The molecular weight excluding hydrogens is 202 g/mol. The molecule has 0 bridgehead atoms. The molecule has 0 heterocycles. The zero-order valence-electron chi connectivity index (χ0n) is 8.28. The molecule has 1 aromatic rings. The number of halogens is 2. The van der Waals surface area contributed by atoms with Crippen molar-refractivity contribution in [2.24, 2.45) is 0 Å². The van der Waals surface area contributed by atoms with E-state index in [1.165, 1.54) is 12.1 Å². The molecule has 2 atom stereocenters. The minimum Gasteiger partial charge on any atom is -0.435 e. The van der Waals surface area contributed by atoms with Crippen molar-refractivity contribution in [3.05, 3.63) is 29.3 Å². The van der Waals surface area contributed by atoms with Gasteiger partial charge in [-0.1, -0.05) is 13.0 Å². The number of rotatable bonds is 2. The summed E-state index contributed by atoms with van der Waals surface area (Å²) in [6, 6.07) is 4.75. The normalized spacial score (nSPS) is 24.3. The second kappa shape index (κ2) is 3.77. The van der Waals surface area contributed by atoms with Gasteiger partial charge < -0.3 is 9.84 Å². The van der Waals surface area contributed by atoms with E-state index in [2.05, 4.69) is 4.74 Å². The van der Waals surface area contributed by atoms with Crippen molar-refractivity contribution in [3.8, 4) is 5.75 Å². The first-order chi connectivity index (χ1) is 7.08. The monoisotopic (exact) mass is 214 g/mol. The van der Waals surface area contributed by atoms with Crippen LogP contribution in [-0.4, -0.2) is 11.7 Å². The van der Waals surface area contributed by atoms with Gasteiger partial charge in [0.05, 0.1) is 6.10 Å². The Bertz CT molecular complexity index is 366. The Morgan fingerprint density at radius 3 is 2.80 bits per heavy atom. The van der Waals surface area contributed by atoms with Crippen LogP contribution >= 0.6 is 0 Å². The summed E-state index contributed by atoms with van der Waals surface area (Å²) in [6.07, 6.45) is 0.0872. The second-order valence-electron chi connectivity index (χ2n) is 3.82. The molecular formula is C11H12F2O2. The van der Waals surface area contributed by atoms with Crippen LogP contribution in [0.3, 0.4) is 0 Å². The highest BCUT2D eigenvalue weighted by molar-refractivity contribution is 5.42. The lowest BCUT2D eigenvalue weighted by molar-refractivity contribution is -0.0499. The highest BCUT2D eigenvalue weighted by Gasteiger charge is 2.27. The van der Waals surface area contributed by atoms with E-state index in [1.807, 2.05) is 6.92 Å². The van der Waals surface area contributed by atoms with Crippen LogP contribution < -0.4 is 4.74 Å². The van der Waals surface area contributed by atoms with Gasteiger partial charge >= 0.3 is 6.61 Å². The molecule has 2 rings (SSSR count). The number of aliphatic hydroxyl groups is 1. The largest absolute Gasteiger partial charge is 0.435 e. The van der Waals surface area contributed by atoms with E-state index in [1.54, 1.807) is 6.07 Å². The van der Waals surface area contributed by atoms with Gasteiger partial charge in [0.25, 0.3) is 0 Å². The number of ether oxygens (including phenoxy) is 1. The predicted molar refractivity (Wildman–Crippen MR) is 51.1 cm³/mol. The van der Waals surface area contributed by atoms with Crippen molar-refractivity contribution in [2.75, 3.05) is 0 Å². The van der Waals surface area contributed by atoms with Crippen LogP contribution in [0, 0.1) is 0 Å². The minimum absolute atomic E-state index is 0.108. The highest BCUT2D eigenvalue weighted by atomic mass is 19.3. The zero-order valence-corrected chi connectivity index (χ0v) is 8.28. The Morgan fingerprint density at radius 2 is 2.13 bits per heavy atom. The van der Waals surface area contributed by atoms with Gasteiger partial charge in [0.15, 0.2) is 0 Å². The molecule has 0 aliphatic heterocycles. The maximum absolute atomic E-state index is 12.0. The summed E-state index contributed by atoms with van der Waals surface area (Å²) in [6.45, 7) is -0.818. The fraction of sp³-hybridized carbons (Fsp3) is 0.455. The van der Waals surface area contributed by atoms with Gasteiger partial charge in [-0.3, -0.25) is 0 Å². The molecule has 1 aliphatic rings. The lowest BCUT2D eigenvalue weighted by Gasteiger charge is -2.08. The first-order valence-electron chi connectivity index (χ1n) is 4.84. The van der Waals surface area contributed by atoms with Gasteiger partial charge in [-0.15, -0.1) is 0 Å². The number of hydrogen-bond donors (Lipinski definition) is 1. The lowest BCUT2D eigenvalue weighted by Crippen LogP contribution is -2.02. The molecule has 0 saturated heterocycles. The van der Waals surface area contributed by atoms with Crippen molar-refractivity contribution in [1.29, 1.82) is 0 Å². The standard InChI is InChI=1S/C11H12F2O2/c1-6-4-10(14)9-5-7(15-11(12)13)2-3-8(6)9/h2-3,5-6,10-11,14H,4H2,1H3. The Morgan fingerprint density at radius 1 is 1.40 bits per heavy atom. The molecule has 82 valence electrons. The smallest absolute Gasteiger partial charge is 0.387 e. The van der Waals surface area contributed by atoms with E-state index in [0.717, 1.165) is 5.56 Å². The lowest BCUT2D eigenvalue weighted by atomic mass is 10.0. The summed E-state index contributed by atoms with van der Waals surface area (Å²) in [5.74, 6) is 0.382. The number of alkyl halides is 2. The van der Waals surface area contributed by atoms with E-state index >= 15 is 0 Å². The van der Waals surface area contributed by atoms with E-state index in [0.29, 0.717) is 12.0 Å². The third-order valence-corrected chi connectivity index (χ3v) is 2.75. The van der Waals surface area contributed by atoms with Crippen LogP contribution in [0.25, 0.3) is 0 Å². The van der Waals surface area contributed by atoms with Crippen LogP contribution in [0.4, 0.5) is 8.78 Å². The van der Waals surface area contributed by atoms with Gasteiger partial charge in [0.1, 0.15) is 5.75 Å². The van der Waals surface area contributed by atoms with Crippen LogP contribution in [0.5, 0.6) is 5.75 Å². The molecule has 0 saturated carbocycles. The van der Waals surface area contributed by atoms with Crippen molar-refractivity contribution in [2.45, 2.75) is 32.0 Å². The summed E-state index contributed by atoms with van der Waals surface area (Å²) < 4.78 is 28.2. The van der Waals surface area contributed by atoms with Crippen molar-refractivity contribution < 1.29 is 18.6 Å². The molecule has 15 heavy (non-hydrogen) atoms. The number of benzene rings is 1. The molecule has 0 aromatic heterocycles. The van der Waals surface area contributed by atoms with Gasteiger partial charge in [0.2, 0.25) is 0 Å². The van der Waals surface area contributed by atoms with Crippen LogP contribution in [0.15, 0.2) is 18.2 Å². The Labute approximate surface area is 86.5 Å². The molecule has 0 spiro atoms. The summed E-state index contributed by atoms with van der Waals surface area (Å²) >= 11 is 0. The average Bonchev–Trinajstić information content (AvgIpc) is 2.41. The minimum atomic E-state index is -2.82. The van der Waals surface area contributed by atoms with Gasteiger partial charge in [-0.05, 0) is 35.6 Å². The van der Waals surface area contributed by atoms with Crippen molar-refractivity contribution in [3.63, 3.8) is 0 Å². The number of aliphatic hydroxyl groups excluding tert-OH is 1. The number of fused-ring (bicyclic) bond motifs is 1. The summed E-state index contributed by atoms with van der Waals surface area (Å²) in [5, 5.41) is 9.67. The second-order valence-corrected chi connectivity index (χ2v) is 3.82. The number of hydrogen-bond acceptors (Lipinski definition) is 2. The Hall–Kier alpha value is -1.16. The molecule has 4 heteroatoms. The van der Waals surface area contributed by atoms with Gasteiger partial charge in [-0.25, -0.2) is 0 Å². The van der Waals surface area contributed by atoms with Crippen LogP contribution in [0.2, 0.25) is 0 Å². The molecule has 1 aromatic carbocycles. The van der Waals surface area contributed by atoms with Gasteiger partial charge in [-0.2, -0.15) is 8.78 Å². The molecule has 0 amide bonds. The van der Waals surface area contributed by atoms with E-state index in [-0.39, 0.29) is 11.7 Å². The quantitative estimate of drug-likeness (QED) is 0.820. The summed E-state index contributed by atoms with van der Waals surface area (Å²) in [4.78, 5) is 0. The van der Waals surface area contributed by atoms with Crippen LogP contribution in [0.1, 0.15) is 36.5 Å². The van der Waals surface area contributed by atoms with E-state index < -0.39 is 12.7 Å². The fourth-order valence-corrected chi connectivity index (χ4v) is 2.06. The fourth-order valence-electron chi connectivity index (χ4n) is 2.06. The molecule has 1 aliphatic carbocycles. The summed E-state index contributed by atoms with van der Waals surface area (Å²) in [7, 11) is 0. The third kappa shape index (κ3) is 1.95. The molecule has 1 N–H and O–H groups in total. The maximum Gasteiger partial charge on any atom is 0.387 e. The first kappa shape index (κ1) is 10.4. The third-order valence-electron chi connectivity index (χ3n) is 2.75. The Kier molecular flexibility index (Phi) is 2.61. The summed E-state index contributed by atoms with van der Waals surface area (Å²) in [5.41, 5.74) is 1.73. The highest BCUT2D eigenvalue weighted by Crippen LogP contribution is 2.41. The van der Waals surface area contributed by atoms with Crippen molar-refractivity contribution in [1.82, 2.24) is 0 Å². The molecule has 2 unspecified atom stereocenters. The van der Waals surface area contributed by atoms with Crippen molar-refractivity contribution >= 4 is 0 Å². The molecule has 2 nitrogen and oxygen atoms in total. The van der Waals surface area contributed by atoms with E-state index in [4.69, 9.17) is 0 Å². The van der Waals surface area contributed by atoms with Crippen LogP contribution in [-0.2, 0) is 0 Å². The topological polar surface area (TPSA) is 29.5 Å². The molecule has 0 fully saturated rings. The van der Waals surface area contributed by atoms with Gasteiger partial charge in [0, 0.05) is 0 Å². The van der Waals surface area contributed by atoms with E-state index in [9.17, 15) is 13.9 Å². The average molecular weight is 214 g/mol.